The molecule has 2 N–H and O–H groups in total. The van der Waals surface area contributed by atoms with E-state index < -0.39 is 0 Å². The zero-order valence-electron chi connectivity index (χ0n) is 11.5. The number of carbonyl (C=O) groups is 1. The Kier molecular flexibility index (Phi) is 4.62. The molecule has 0 radical (unpaired) electrons. The molecule has 7 heteroatoms. The summed E-state index contributed by atoms with van der Waals surface area (Å²) in [4.78, 5) is 15.7. The Morgan fingerprint density at radius 2 is 2.15 bits per heavy atom. The van der Waals surface area contributed by atoms with Crippen LogP contribution in [0.25, 0.3) is 11.4 Å². The number of hydrogen-bond donors (Lipinski definition) is 2. The lowest BCUT2D eigenvalue weighted by Gasteiger charge is -2.09. The molecule has 106 valence electrons. The van der Waals surface area contributed by atoms with Crippen molar-refractivity contribution >= 4 is 18.1 Å². The first-order valence-corrected chi connectivity index (χ1v) is 6.83. The van der Waals surface area contributed by atoms with Gasteiger partial charge in [-0.05, 0) is 38.2 Å². The summed E-state index contributed by atoms with van der Waals surface area (Å²) in [5.74, 6) is 0.721. The Bertz CT molecular complexity index is 632. The number of nitrogens with zero attached hydrogens (tertiary/aromatic N) is 3. The van der Waals surface area contributed by atoms with Crippen LogP contribution in [0, 0.1) is 4.77 Å². The number of pyridine rings is 1. The van der Waals surface area contributed by atoms with E-state index in [0.717, 1.165) is 11.4 Å². The van der Waals surface area contributed by atoms with E-state index in [1.54, 1.807) is 12.4 Å². The van der Waals surface area contributed by atoms with Gasteiger partial charge in [0.05, 0.1) is 0 Å². The molecule has 2 aromatic heterocycles. The maximum atomic E-state index is 11.7. The summed E-state index contributed by atoms with van der Waals surface area (Å²) in [5, 5.41) is 9.83. The van der Waals surface area contributed by atoms with Gasteiger partial charge in [0, 0.05) is 37.0 Å². The van der Waals surface area contributed by atoms with Gasteiger partial charge in [-0.15, -0.1) is 0 Å². The van der Waals surface area contributed by atoms with E-state index in [2.05, 4.69) is 20.5 Å². The summed E-state index contributed by atoms with van der Waals surface area (Å²) in [6.45, 7) is 4.36. The number of aromatic amines is 1. The molecule has 2 heterocycles. The van der Waals surface area contributed by atoms with Crippen molar-refractivity contribution in [2.75, 3.05) is 0 Å². The molecule has 2 rings (SSSR count). The second-order valence-corrected chi connectivity index (χ2v) is 5.10. The van der Waals surface area contributed by atoms with Crippen LogP contribution in [0.3, 0.4) is 0 Å². The number of aromatic nitrogens is 4. The van der Waals surface area contributed by atoms with Gasteiger partial charge in [0.25, 0.3) is 0 Å². The zero-order chi connectivity index (χ0) is 14.5. The number of nitrogens with one attached hydrogen (secondary N) is 2. The Morgan fingerprint density at radius 1 is 1.45 bits per heavy atom. The minimum atomic E-state index is 0.00350. The number of carbonyl (C=O) groups excluding carboxylic acids is 1. The van der Waals surface area contributed by atoms with Gasteiger partial charge in [0.1, 0.15) is 0 Å². The maximum absolute atomic E-state index is 11.7. The molecule has 0 fully saturated rings. The first-order valence-electron chi connectivity index (χ1n) is 6.43. The van der Waals surface area contributed by atoms with Gasteiger partial charge in [-0.2, -0.15) is 5.10 Å². The molecular weight excluding hydrogens is 274 g/mol. The molecule has 20 heavy (non-hydrogen) atoms. The van der Waals surface area contributed by atoms with Gasteiger partial charge < -0.3 is 5.32 Å². The summed E-state index contributed by atoms with van der Waals surface area (Å²) in [6, 6.07) is 3.85. The number of hydrogen-bond acceptors (Lipinski definition) is 4. The smallest absolute Gasteiger partial charge is 0.221 e. The molecule has 0 aliphatic heterocycles. The van der Waals surface area contributed by atoms with E-state index in [4.69, 9.17) is 12.2 Å². The fourth-order valence-corrected chi connectivity index (χ4v) is 2.08. The van der Waals surface area contributed by atoms with E-state index in [1.165, 1.54) is 0 Å². The average Bonchev–Trinajstić information content (AvgIpc) is 2.78. The van der Waals surface area contributed by atoms with Gasteiger partial charge in [0.2, 0.25) is 5.91 Å². The van der Waals surface area contributed by atoms with Crippen molar-refractivity contribution < 1.29 is 4.79 Å². The average molecular weight is 291 g/mol. The second kappa shape index (κ2) is 6.42. The Labute approximate surface area is 122 Å². The van der Waals surface area contributed by atoms with Crippen LogP contribution in [-0.2, 0) is 11.3 Å². The minimum Gasteiger partial charge on any atom is -0.354 e. The zero-order valence-corrected chi connectivity index (χ0v) is 12.3. The topological polar surface area (TPSA) is 75.6 Å². The highest BCUT2D eigenvalue weighted by Gasteiger charge is 2.10. The largest absolute Gasteiger partial charge is 0.354 e. The van der Waals surface area contributed by atoms with Crippen LogP contribution < -0.4 is 5.32 Å². The molecule has 0 unspecified atom stereocenters. The molecule has 0 saturated carbocycles. The number of rotatable bonds is 5. The van der Waals surface area contributed by atoms with Gasteiger partial charge in [-0.3, -0.25) is 19.4 Å². The summed E-state index contributed by atoms with van der Waals surface area (Å²) in [7, 11) is 0. The molecule has 2 aromatic rings. The monoisotopic (exact) mass is 291 g/mol. The third kappa shape index (κ3) is 3.51. The van der Waals surface area contributed by atoms with E-state index in [-0.39, 0.29) is 11.9 Å². The molecule has 1 amide bonds. The summed E-state index contributed by atoms with van der Waals surface area (Å²) in [5.41, 5.74) is 0.914. The Morgan fingerprint density at radius 3 is 2.80 bits per heavy atom. The Hall–Kier alpha value is -2.02. The first-order chi connectivity index (χ1) is 9.58. The van der Waals surface area contributed by atoms with Crippen molar-refractivity contribution in [1.82, 2.24) is 25.1 Å². The predicted octanol–water partition coefficient (Wildman–Crippen LogP) is 1.92. The summed E-state index contributed by atoms with van der Waals surface area (Å²) >= 11 is 5.21. The van der Waals surface area contributed by atoms with Crippen molar-refractivity contribution in [2.24, 2.45) is 0 Å². The lowest BCUT2D eigenvalue weighted by molar-refractivity contribution is -0.121. The summed E-state index contributed by atoms with van der Waals surface area (Å²) in [6.07, 6.45) is 3.76. The van der Waals surface area contributed by atoms with Crippen LogP contribution in [-0.4, -0.2) is 31.7 Å². The quantitative estimate of drug-likeness (QED) is 0.825. The lowest BCUT2D eigenvalue weighted by atomic mass is 10.2. The third-order valence-corrected chi connectivity index (χ3v) is 3.02. The van der Waals surface area contributed by atoms with Gasteiger partial charge in [0.15, 0.2) is 10.6 Å². The highest BCUT2D eigenvalue weighted by atomic mass is 32.1. The van der Waals surface area contributed by atoms with E-state index in [0.29, 0.717) is 17.7 Å². The van der Waals surface area contributed by atoms with E-state index in [1.807, 2.05) is 30.5 Å². The van der Waals surface area contributed by atoms with Crippen molar-refractivity contribution in [3.63, 3.8) is 0 Å². The highest BCUT2D eigenvalue weighted by molar-refractivity contribution is 7.71. The van der Waals surface area contributed by atoms with E-state index in [9.17, 15) is 4.79 Å². The SMILES string of the molecule is CC(C)NC(=O)CCn1c(-c2ccncc2)n[nH]c1=S. The van der Waals surface area contributed by atoms with Gasteiger partial charge in [-0.25, -0.2) is 0 Å². The van der Waals surface area contributed by atoms with Crippen LogP contribution in [0.1, 0.15) is 20.3 Å². The molecule has 6 nitrogen and oxygen atoms in total. The van der Waals surface area contributed by atoms with Crippen LogP contribution >= 0.6 is 12.2 Å². The van der Waals surface area contributed by atoms with Crippen LogP contribution in [0.4, 0.5) is 0 Å². The van der Waals surface area contributed by atoms with Crippen LogP contribution in [0.5, 0.6) is 0 Å². The standard InChI is InChI=1S/C13H17N5OS/c1-9(2)15-11(19)5-8-18-12(16-17-13(18)20)10-3-6-14-7-4-10/h3-4,6-7,9H,5,8H2,1-2H3,(H,15,19)(H,17,20). The number of H-pyrrole nitrogens is 1. The van der Waals surface area contributed by atoms with E-state index >= 15 is 0 Å². The fourth-order valence-electron chi connectivity index (χ4n) is 1.85. The molecule has 0 aliphatic carbocycles. The van der Waals surface area contributed by atoms with Gasteiger partial charge in [-0.1, -0.05) is 0 Å². The second-order valence-electron chi connectivity index (χ2n) is 4.71. The molecule has 0 aromatic carbocycles. The van der Waals surface area contributed by atoms with Crippen LogP contribution in [0.2, 0.25) is 0 Å². The lowest BCUT2D eigenvalue weighted by Crippen LogP contribution is -2.30. The molecular formula is C13H17N5OS. The first kappa shape index (κ1) is 14.4. The fraction of sp³-hybridized carbons (Fsp3) is 0.385. The van der Waals surface area contributed by atoms with Crippen LogP contribution in [0.15, 0.2) is 24.5 Å². The molecule has 0 bridgehead atoms. The highest BCUT2D eigenvalue weighted by Crippen LogP contribution is 2.16. The minimum absolute atomic E-state index is 0.00350. The van der Waals surface area contributed by atoms with Crippen molar-refractivity contribution in [3.05, 3.63) is 29.3 Å². The molecule has 0 aliphatic rings. The summed E-state index contributed by atoms with van der Waals surface area (Å²) < 4.78 is 2.33. The van der Waals surface area contributed by atoms with Crippen molar-refractivity contribution in [1.29, 1.82) is 0 Å². The molecule has 0 atom stereocenters. The van der Waals surface area contributed by atoms with Crippen molar-refractivity contribution in [3.8, 4) is 11.4 Å². The van der Waals surface area contributed by atoms with Crippen molar-refractivity contribution in [2.45, 2.75) is 32.9 Å². The third-order valence-electron chi connectivity index (χ3n) is 2.71. The normalized spacial score (nSPS) is 10.8. The number of amides is 1. The maximum Gasteiger partial charge on any atom is 0.221 e. The Balaban J connectivity index is 2.15. The molecule has 0 saturated heterocycles. The predicted molar refractivity (Wildman–Crippen MR) is 78.5 cm³/mol. The van der Waals surface area contributed by atoms with Gasteiger partial charge >= 0.3 is 0 Å². The molecule has 0 spiro atoms.